The molecule has 5 nitrogen and oxygen atoms in total. The molecule has 0 atom stereocenters. The molecule has 0 aliphatic heterocycles. The van der Waals surface area contributed by atoms with E-state index in [-0.39, 0.29) is 0 Å². The minimum atomic E-state index is 0.467. The highest BCUT2D eigenvalue weighted by Crippen LogP contribution is 2.25. The first-order chi connectivity index (χ1) is 9.20. The number of pyridine rings is 1. The summed E-state index contributed by atoms with van der Waals surface area (Å²) in [7, 11) is 0. The highest BCUT2D eigenvalue weighted by molar-refractivity contribution is 6.29. The summed E-state index contributed by atoms with van der Waals surface area (Å²) in [5.74, 6) is 0.824. The van der Waals surface area contributed by atoms with Crippen molar-refractivity contribution in [2.24, 2.45) is 0 Å². The number of hydrogen-bond acceptors (Lipinski definition) is 4. The van der Waals surface area contributed by atoms with E-state index in [0.717, 1.165) is 34.8 Å². The van der Waals surface area contributed by atoms with Gasteiger partial charge >= 0.3 is 0 Å². The summed E-state index contributed by atoms with van der Waals surface area (Å²) in [6, 6.07) is 3.62. The topological polar surface area (TPSA) is 56.5 Å². The van der Waals surface area contributed by atoms with Crippen molar-refractivity contribution in [3.8, 4) is 11.4 Å². The molecule has 0 saturated heterocycles. The molecule has 0 N–H and O–H groups in total. The van der Waals surface area contributed by atoms with Crippen molar-refractivity contribution in [3.05, 3.63) is 35.5 Å². The predicted molar refractivity (Wildman–Crippen MR) is 74.0 cm³/mol. The molecule has 0 unspecified atom stereocenters. The summed E-state index contributed by atoms with van der Waals surface area (Å²) < 4.78 is 2.02. The van der Waals surface area contributed by atoms with E-state index in [1.807, 2.05) is 24.5 Å². The fraction of sp³-hybridized carbons (Fsp3) is 0.231. The summed E-state index contributed by atoms with van der Waals surface area (Å²) in [6.45, 7) is 4.75. The van der Waals surface area contributed by atoms with Gasteiger partial charge in [0.1, 0.15) is 22.8 Å². The Morgan fingerprint density at radius 1 is 1.26 bits per heavy atom. The molecule has 0 aliphatic carbocycles. The van der Waals surface area contributed by atoms with Crippen molar-refractivity contribution < 1.29 is 0 Å². The number of fused-ring (bicyclic) bond motifs is 1. The molecule has 3 aromatic rings. The molecule has 0 fully saturated rings. The van der Waals surface area contributed by atoms with Crippen LogP contribution in [0.25, 0.3) is 22.6 Å². The highest BCUT2D eigenvalue weighted by atomic mass is 35.5. The van der Waals surface area contributed by atoms with Crippen LogP contribution >= 0.6 is 11.6 Å². The summed E-state index contributed by atoms with van der Waals surface area (Å²) in [5, 5.41) is 0.467. The van der Waals surface area contributed by atoms with Crippen LogP contribution in [0.1, 0.15) is 12.6 Å². The summed E-state index contributed by atoms with van der Waals surface area (Å²) in [6.07, 6.45) is 3.31. The molecule has 3 aromatic heterocycles. The van der Waals surface area contributed by atoms with E-state index in [1.165, 1.54) is 6.33 Å². The number of imidazole rings is 1. The second-order valence-electron chi connectivity index (χ2n) is 4.18. The van der Waals surface area contributed by atoms with E-state index in [4.69, 9.17) is 11.6 Å². The van der Waals surface area contributed by atoms with Crippen LogP contribution < -0.4 is 0 Å². The van der Waals surface area contributed by atoms with Gasteiger partial charge in [-0.2, -0.15) is 0 Å². The van der Waals surface area contributed by atoms with Crippen LogP contribution in [0.4, 0.5) is 0 Å². The number of aryl methyl sites for hydroxylation is 2. The molecule has 0 spiro atoms. The summed E-state index contributed by atoms with van der Waals surface area (Å²) in [5.41, 5.74) is 3.42. The maximum absolute atomic E-state index is 5.96. The number of rotatable bonds is 2. The molecule has 0 aliphatic rings. The van der Waals surface area contributed by atoms with Gasteiger partial charge < -0.3 is 4.57 Å². The van der Waals surface area contributed by atoms with E-state index in [9.17, 15) is 0 Å². The summed E-state index contributed by atoms with van der Waals surface area (Å²) >= 11 is 5.96. The second kappa shape index (κ2) is 4.59. The highest BCUT2D eigenvalue weighted by Gasteiger charge is 2.15. The first-order valence-electron chi connectivity index (χ1n) is 6.00. The zero-order valence-electron chi connectivity index (χ0n) is 10.6. The van der Waals surface area contributed by atoms with E-state index < -0.39 is 0 Å². The SMILES string of the molecule is CCn1c(-c2cncnc2C)nc2ccc(Cl)nc21. The number of aromatic nitrogens is 5. The lowest BCUT2D eigenvalue weighted by Gasteiger charge is -2.06. The first-order valence-corrected chi connectivity index (χ1v) is 6.38. The van der Waals surface area contributed by atoms with E-state index in [1.54, 1.807) is 12.3 Å². The second-order valence-corrected chi connectivity index (χ2v) is 4.57. The van der Waals surface area contributed by atoms with Crippen molar-refractivity contribution in [1.82, 2.24) is 24.5 Å². The van der Waals surface area contributed by atoms with Crippen molar-refractivity contribution in [2.75, 3.05) is 0 Å². The quantitative estimate of drug-likeness (QED) is 0.674. The van der Waals surface area contributed by atoms with Crippen molar-refractivity contribution in [3.63, 3.8) is 0 Å². The lowest BCUT2D eigenvalue weighted by Crippen LogP contribution is -2.01. The Morgan fingerprint density at radius 2 is 2.11 bits per heavy atom. The Balaban J connectivity index is 2.33. The monoisotopic (exact) mass is 273 g/mol. The molecule has 3 heterocycles. The van der Waals surface area contributed by atoms with Gasteiger partial charge in [-0.1, -0.05) is 11.6 Å². The molecule has 0 radical (unpaired) electrons. The molecular weight excluding hydrogens is 262 g/mol. The fourth-order valence-corrected chi connectivity index (χ4v) is 2.24. The third-order valence-corrected chi connectivity index (χ3v) is 3.24. The minimum absolute atomic E-state index is 0.467. The lowest BCUT2D eigenvalue weighted by molar-refractivity contribution is 0.785. The zero-order valence-corrected chi connectivity index (χ0v) is 11.4. The van der Waals surface area contributed by atoms with Crippen molar-refractivity contribution >= 4 is 22.8 Å². The maximum atomic E-state index is 5.96. The summed E-state index contributed by atoms with van der Waals surface area (Å²) in [4.78, 5) is 17.2. The Bertz CT molecular complexity index is 750. The van der Waals surface area contributed by atoms with Gasteiger partial charge in [0.2, 0.25) is 0 Å². The lowest BCUT2D eigenvalue weighted by atomic mass is 10.2. The molecule has 0 saturated carbocycles. The van der Waals surface area contributed by atoms with Gasteiger partial charge in [0.05, 0.1) is 11.3 Å². The van der Waals surface area contributed by atoms with Crippen LogP contribution in [0.15, 0.2) is 24.7 Å². The first kappa shape index (κ1) is 12.0. The largest absolute Gasteiger partial charge is 0.309 e. The predicted octanol–water partition coefficient (Wildman–Crippen LogP) is 2.87. The molecule has 6 heteroatoms. The molecular formula is C13H12ClN5. The van der Waals surface area contributed by atoms with Crippen LogP contribution in [0.5, 0.6) is 0 Å². The van der Waals surface area contributed by atoms with Crippen LogP contribution in [0.3, 0.4) is 0 Å². The molecule has 19 heavy (non-hydrogen) atoms. The molecule has 0 aromatic carbocycles. The number of halogens is 1. The van der Waals surface area contributed by atoms with E-state index in [2.05, 4.69) is 19.9 Å². The molecule has 0 bridgehead atoms. The average molecular weight is 274 g/mol. The average Bonchev–Trinajstić information content (AvgIpc) is 2.76. The Morgan fingerprint density at radius 3 is 2.84 bits per heavy atom. The number of nitrogens with zero attached hydrogens (tertiary/aromatic N) is 5. The van der Waals surface area contributed by atoms with Crippen molar-refractivity contribution in [2.45, 2.75) is 20.4 Å². The van der Waals surface area contributed by atoms with Gasteiger partial charge in [0, 0.05) is 12.7 Å². The van der Waals surface area contributed by atoms with Gasteiger partial charge in [-0.05, 0) is 26.0 Å². The Hall–Kier alpha value is -2.01. The van der Waals surface area contributed by atoms with Crippen LogP contribution in [0.2, 0.25) is 5.15 Å². The minimum Gasteiger partial charge on any atom is -0.309 e. The van der Waals surface area contributed by atoms with E-state index in [0.29, 0.717) is 5.15 Å². The van der Waals surface area contributed by atoms with Gasteiger partial charge in [-0.3, -0.25) is 0 Å². The van der Waals surface area contributed by atoms with Gasteiger partial charge in [0.15, 0.2) is 5.65 Å². The standard InChI is InChI=1S/C13H12ClN5/c1-3-19-12(9-6-15-7-16-8(9)2)17-10-4-5-11(14)18-13(10)19/h4-7H,3H2,1-2H3. The molecule has 3 rings (SSSR count). The third-order valence-electron chi connectivity index (χ3n) is 3.03. The number of hydrogen-bond donors (Lipinski definition) is 0. The Labute approximate surface area is 115 Å². The molecule has 96 valence electrons. The van der Waals surface area contributed by atoms with Gasteiger partial charge in [0.25, 0.3) is 0 Å². The normalized spacial score (nSPS) is 11.1. The van der Waals surface area contributed by atoms with Crippen LogP contribution in [-0.2, 0) is 6.54 Å². The van der Waals surface area contributed by atoms with E-state index >= 15 is 0 Å². The molecule has 0 amide bonds. The van der Waals surface area contributed by atoms with Crippen molar-refractivity contribution in [1.29, 1.82) is 0 Å². The Kier molecular flexibility index (Phi) is 2.91. The maximum Gasteiger partial charge on any atom is 0.161 e. The zero-order chi connectivity index (χ0) is 13.4. The third kappa shape index (κ3) is 1.96. The van der Waals surface area contributed by atoms with Crippen LogP contribution in [0, 0.1) is 6.92 Å². The van der Waals surface area contributed by atoms with Crippen LogP contribution in [-0.4, -0.2) is 24.5 Å². The van der Waals surface area contributed by atoms with Gasteiger partial charge in [-0.25, -0.2) is 19.9 Å². The van der Waals surface area contributed by atoms with Gasteiger partial charge in [-0.15, -0.1) is 0 Å². The fourth-order valence-electron chi connectivity index (χ4n) is 2.09. The smallest absolute Gasteiger partial charge is 0.161 e.